The molecule has 4 aromatic rings. The molecule has 0 aliphatic carbocycles. The number of carboxylic acid groups (broad SMARTS) is 1. The number of aliphatic carboxylic acids is 1. The van der Waals surface area contributed by atoms with Crippen molar-refractivity contribution in [2.45, 2.75) is 26.7 Å². The standard InChI is InChI=1S/C28H29N3O5/c1-18-17-35-28(29-18)31-15-22(24(16-31)27(32)33)14-20-8-10-23(11-9-20)34-13-12-25-19(2)36-26(30-25)21-6-4-3-5-7-21/h3-11,17,22,24H,12-16H2,1-2H3,(H,32,33)/t22-,24-/m1/s1. The Labute approximate surface area is 209 Å². The zero-order valence-corrected chi connectivity index (χ0v) is 20.4. The minimum atomic E-state index is -0.788. The normalized spacial score (nSPS) is 17.4. The number of hydrogen-bond donors (Lipinski definition) is 1. The fourth-order valence-electron chi connectivity index (χ4n) is 4.66. The molecule has 0 unspecified atom stereocenters. The summed E-state index contributed by atoms with van der Waals surface area (Å²) in [6.07, 6.45) is 2.89. The summed E-state index contributed by atoms with van der Waals surface area (Å²) in [7, 11) is 0. The molecule has 0 spiro atoms. The van der Waals surface area contributed by atoms with Gasteiger partial charge in [0.05, 0.1) is 23.9 Å². The second-order valence-corrected chi connectivity index (χ2v) is 9.22. The van der Waals surface area contributed by atoms with Crippen molar-refractivity contribution in [3.63, 3.8) is 0 Å². The number of benzene rings is 2. The molecule has 1 fully saturated rings. The van der Waals surface area contributed by atoms with Crippen LogP contribution in [0.5, 0.6) is 5.75 Å². The van der Waals surface area contributed by atoms with Crippen molar-refractivity contribution in [2.75, 3.05) is 24.6 Å². The van der Waals surface area contributed by atoms with Gasteiger partial charge in [0.1, 0.15) is 17.8 Å². The van der Waals surface area contributed by atoms with Crippen LogP contribution in [0.25, 0.3) is 11.5 Å². The van der Waals surface area contributed by atoms with Crippen LogP contribution in [0.3, 0.4) is 0 Å². The van der Waals surface area contributed by atoms with Gasteiger partial charge in [0.15, 0.2) is 0 Å². The van der Waals surface area contributed by atoms with Crippen LogP contribution in [0.2, 0.25) is 0 Å². The first-order valence-electron chi connectivity index (χ1n) is 12.1. The third-order valence-electron chi connectivity index (χ3n) is 6.58. The lowest BCUT2D eigenvalue weighted by atomic mass is 9.90. The predicted molar refractivity (Wildman–Crippen MR) is 134 cm³/mol. The summed E-state index contributed by atoms with van der Waals surface area (Å²) in [5, 5.41) is 9.74. The molecule has 1 aliphatic heterocycles. The number of rotatable bonds is 9. The van der Waals surface area contributed by atoms with Crippen molar-refractivity contribution in [3.8, 4) is 17.2 Å². The molecule has 3 heterocycles. The number of carboxylic acids is 1. The van der Waals surface area contributed by atoms with Crippen LogP contribution in [0.4, 0.5) is 6.01 Å². The summed E-state index contributed by atoms with van der Waals surface area (Å²) in [6, 6.07) is 18.2. The van der Waals surface area contributed by atoms with Crippen molar-refractivity contribution in [2.24, 2.45) is 11.8 Å². The molecule has 0 amide bonds. The highest BCUT2D eigenvalue weighted by Gasteiger charge is 2.39. The molecule has 8 nitrogen and oxygen atoms in total. The first-order chi connectivity index (χ1) is 17.5. The first-order valence-corrected chi connectivity index (χ1v) is 12.1. The SMILES string of the molecule is Cc1coc(N2C[C@@H](Cc3ccc(OCCc4nc(-c5ccccc5)oc4C)cc3)[C@H](C(=O)O)C2)n1. The molecule has 0 saturated carbocycles. The molecule has 0 radical (unpaired) electrons. The quantitative estimate of drug-likeness (QED) is 0.354. The van der Waals surface area contributed by atoms with E-state index in [9.17, 15) is 9.90 Å². The molecule has 5 rings (SSSR count). The largest absolute Gasteiger partial charge is 0.493 e. The lowest BCUT2D eigenvalue weighted by Crippen LogP contribution is -2.24. The zero-order chi connectivity index (χ0) is 25.1. The molecule has 1 aliphatic rings. The maximum Gasteiger partial charge on any atom is 0.308 e. The third kappa shape index (κ3) is 5.27. The highest BCUT2D eigenvalue weighted by molar-refractivity contribution is 5.72. The summed E-state index contributed by atoms with van der Waals surface area (Å²) in [6.45, 7) is 5.25. The molecule has 2 aromatic carbocycles. The summed E-state index contributed by atoms with van der Waals surface area (Å²) < 4.78 is 17.2. The zero-order valence-electron chi connectivity index (χ0n) is 20.4. The van der Waals surface area contributed by atoms with E-state index in [0.717, 1.165) is 34.0 Å². The Morgan fingerprint density at radius 1 is 1.08 bits per heavy atom. The van der Waals surface area contributed by atoms with Gasteiger partial charge in [0.25, 0.3) is 6.01 Å². The van der Waals surface area contributed by atoms with E-state index in [1.165, 1.54) is 0 Å². The van der Waals surface area contributed by atoms with Crippen LogP contribution in [-0.2, 0) is 17.6 Å². The molecular weight excluding hydrogens is 458 g/mol. The van der Waals surface area contributed by atoms with Crippen LogP contribution in [0.15, 0.2) is 69.7 Å². The van der Waals surface area contributed by atoms with Gasteiger partial charge in [-0.05, 0) is 56.0 Å². The summed E-state index contributed by atoms with van der Waals surface area (Å²) >= 11 is 0. The Hall–Kier alpha value is -4.07. The van der Waals surface area contributed by atoms with E-state index >= 15 is 0 Å². The minimum Gasteiger partial charge on any atom is -0.493 e. The van der Waals surface area contributed by atoms with E-state index in [1.807, 2.05) is 73.3 Å². The Bertz CT molecular complexity index is 1310. The molecule has 1 saturated heterocycles. The highest BCUT2D eigenvalue weighted by atomic mass is 16.5. The number of carbonyl (C=O) groups is 1. The van der Waals surface area contributed by atoms with Crippen molar-refractivity contribution < 1.29 is 23.5 Å². The lowest BCUT2D eigenvalue weighted by molar-refractivity contribution is -0.142. The molecule has 36 heavy (non-hydrogen) atoms. The fraction of sp³-hybridized carbons (Fsp3) is 0.321. The Kier molecular flexibility index (Phi) is 6.75. The number of anilines is 1. The van der Waals surface area contributed by atoms with Crippen molar-refractivity contribution in [1.82, 2.24) is 9.97 Å². The fourth-order valence-corrected chi connectivity index (χ4v) is 4.66. The predicted octanol–water partition coefficient (Wildman–Crippen LogP) is 4.95. The number of oxazole rings is 2. The van der Waals surface area contributed by atoms with Crippen LogP contribution >= 0.6 is 0 Å². The lowest BCUT2D eigenvalue weighted by Gasteiger charge is -2.15. The van der Waals surface area contributed by atoms with Crippen molar-refractivity contribution in [3.05, 3.63) is 83.6 Å². The number of nitrogens with zero attached hydrogens (tertiary/aromatic N) is 3. The Morgan fingerprint density at radius 3 is 2.56 bits per heavy atom. The maximum atomic E-state index is 11.9. The summed E-state index contributed by atoms with van der Waals surface area (Å²) in [4.78, 5) is 22.8. The summed E-state index contributed by atoms with van der Waals surface area (Å²) in [5.41, 5.74) is 3.70. The van der Waals surface area contributed by atoms with Gasteiger partial charge in [0, 0.05) is 25.1 Å². The number of hydrogen-bond acceptors (Lipinski definition) is 7. The van der Waals surface area contributed by atoms with Gasteiger partial charge in [-0.25, -0.2) is 4.98 Å². The first kappa shape index (κ1) is 23.7. The minimum absolute atomic E-state index is 0.0320. The number of aryl methyl sites for hydroxylation is 2. The van der Waals surface area contributed by atoms with E-state index in [2.05, 4.69) is 9.97 Å². The average Bonchev–Trinajstić information content (AvgIpc) is 3.59. The van der Waals surface area contributed by atoms with Crippen LogP contribution in [0, 0.1) is 25.7 Å². The van der Waals surface area contributed by atoms with E-state index in [4.69, 9.17) is 13.6 Å². The maximum absolute atomic E-state index is 11.9. The van der Waals surface area contributed by atoms with Gasteiger partial charge < -0.3 is 23.6 Å². The number of aromatic nitrogens is 2. The second-order valence-electron chi connectivity index (χ2n) is 9.22. The second kappa shape index (κ2) is 10.3. The topological polar surface area (TPSA) is 102 Å². The van der Waals surface area contributed by atoms with Crippen LogP contribution in [-0.4, -0.2) is 40.7 Å². The Morgan fingerprint density at radius 2 is 1.86 bits per heavy atom. The van der Waals surface area contributed by atoms with Crippen molar-refractivity contribution in [1.29, 1.82) is 0 Å². The van der Waals surface area contributed by atoms with Crippen molar-refractivity contribution >= 4 is 12.0 Å². The highest BCUT2D eigenvalue weighted by Crippen LogP contribution is 2.31. The third-order valence-corrected chi connectivity index (χ3v) is 6.58. The number of ether oxygens (including phenoxy) is 1. The van der Waals surface area contributed by atoms with E-state index in [0.29, 0.717) is 44.4 Å². The molecule has 0 bridgehead atoms. The molecule has 2 atom stereocenters. The molecule has 2 aromatic heterocycles. The Balaban J connectivity index is 1.16. The van der Waals surface area contributed by atoms with Gasteiger partial charge in [0.2, 0.25) is 5.89 Å². The monoisotopic (exact) mass is 487 g/mol. The summed E-state index contributed by atoms with van der Waals surface area (Å²) in [5.74, 6) is 0.891. The molecular formula is C28H29N3O5. The van der Waals surface area contributed by atoms with Gasteiger partial charge in [-0.15, -0.1) is 0 Å². The molecule has 1 N–H and O–H groups in total. The molecule has 8 heteroatoms. The molecule has 186 valence electrons. The smallest absolute Gasteiger partial charge is 0.308 e. The van der Waals surface area contributed by atoms with E-state index in [1.54, 1.807) is 6.26 Å². The average molecular weight is 488 g/mol. The van der Waals surface area contributed by atoms with Gasteiger partial charge in [-0.1, -0.05) is 30.3 Å². The van der Waals surface area contributed by atoms with Gasteiger partial charge in [-0.2, -0.15) is 4.98 Å². The van der Waals surface area contributed by atoms with Crippen LogP contribution in [0.1, 0.15) is 22.7 Å². The van der Waals surface area contributed by atoms with Gasteiger partial charge >= 0.3 is 5.97 Å². The van der Waals surface area contributed by atoms with Gasteiger partial charge in [-0.3, -0.25) is 4.79 Å². The van der Waals surface area contributed by atoms with Crippen LogP contribution < -0.4 is 9.64 Å². The van der Waals surface area contributed by atoms with E-state index in [-0.39, 0.29) is 5.92 Å². The van der Waals surface area contributed by atoms with E-state index < -0.39 is 11.9 Å².